The minimum Gasteiger partial charge on any atom is -0.507 e. The number of nitrogens with one attached hydrogen (secondary N) is 1. The van der Waals surface area contributed by atoms with E-state index in [9.17, 15) is 9.90 Å². The molecule has 1 atom stereocenters. The molecule has 1 amide bonds. The molecule has 0 aliphatic rings. The highest BCUT2D eigenvalue weighted by Gasteiger charge is 2.16. The van der Waals surface area contributed by atoms with Gasteiger partial charge >= 0.3 is 0 Å². The molecular formula is C22H23NO3. The fourth-order valence-electron chi connectivity index (χ4n) is 2.97. The number of benzene rings is 3. The molecule has 3 aromatic rings. The van der Waals surface area contributed by atoms with E-state index in [0.29, 0.717) is 17.4 Å². The zero-order valence-electron chi connectivity index (χ0n) is 15.2. The van der Waals surface area contributed by atoms with Gasteiger partial charge in [0.1, 0.15) is 11.5 Å². The van der Waals surface area contributed by atoms with E-state index in [1.165, 1.54) is 0 Å². The third kappa shape index (κ3) is 3.49. The first-order chi connectivity index (χ1) is 12.5. The maximum absolute atomic E-state index is 12.8. The van der Waals surface area contributed by atoms with Crippen molar-refractivity contribution in [2.45, 2.75) is 26.2 Å². The van der Waals surface area contributed by atoms with E-state index < -0.39 is 0 Å². The molecule has 0 radical (unpaired) electrons. The lowest BCUT2D eigenvalue weighted by atomic mass is 9.98. The number of hydrogen-bond acceptors (Lipinski definition) is 3. The number of carbonyl (C=O) groups is 1. The van der Waals surface area contributed by atoms with Gasteiger partial charge in [-0.05, 0) is 52.9 Å². The molecule has 0 bridgehead atoms. The maximum Gasteiger partial charge on any atom is 0.259 e. The Labute approximate surface area is 153 Å². The van der Waals surface area contributed by atoms with E-state index in [4.69, 9.17) is 4.74 Å². The van der Waals surface area contributed by atoms with Crippen LogP contribution >= 0.6 is 0 Å². The largest absolute Gasteiger partial charge is 0.507 e. The van der Waals surface area contributed by atoms with Crippen LogP contribution in [0.5, 0.6) is 11.5 Å². The summed E-state index contributed by atoms with van der Waals surface area (Å²) in [6.45, 7) is 4.27. The van der Waals surface area contributed by atoms with E-state index in [2.05, 4.69) is 19.2 Å². The molecule has 0 fully saturated rings. The zero-order chi connectivity index (χ0) is 18.7. The summed E-state index contributed by atoms with van der Waals surface area (Å²) in [4.78, 5) is 12.8. The quantitative estimate of drug-likeness (QED) is 0.655. The Bertz CT molecular complexity index is 949. The van der Waals surface area contributed by atoms with Gasteiger partial charge in [0.2, 0.25) is 0 Å². The molecule has 0 spiro atoms. The Morgan fingerprint density at radius 2 is 1.81 bits per heavy atom. The summed E-state index contributed by atoms with van der Waals surface area (Å²) in [5.74, 6) is 0.558. The Balaban J connectivity index is 1.96. The van der Waals surface area contributed by atoms with Crippen LogP contribution in [0.3, 0.4) is 0 Å². The Morgan fingerprint density at radius 3 is 2.46 bits per heavy atom. The summed E-state index contributed by atoms with van der Waals surface area (Å²) in [6.07, 6.45) is 1.01. The van der Waals surface area contributed by atoms with Crippen molar-refractivity contribution in [1.82, 2.24) is 0 Å². The number of anilines is 1. The van der Waals surface area contributed by atoms with Gasteiger partial charge in [-0.3, -0.25) is 4.79 Å². The summed E-state index contributed by atoms with van der Waals surface area (Å²) < 4.78 is 5.37. The Morgan fingerprint density at radius 1 is 1.12 bits per heavy atom. The molecule has 4 nitrogen and oxygen atoms in total. The SMILES string of the molecule is CCC(C)c1ccc(OC)c(NC(=O)c2cc3ccccc3cc2O)c1. The van der Waals surface area contributed by atoms with E-state index in [0.717, 1.165) is 22.8 Å². The Hall–Kier alpha value is -3.01. The predicted molar refractivity (Wildman–Crippen MR) is 105 cm³/mol. The molecule has 3 rings (SSSR count). The van der Waals surface area contributed by atoms with Crippen molar-refractivity contribution in [3.05, 3.63) is 65.7 Å². The fourth-order valence-corrected chi connectivity index (χ4v) is 2.97. The fraction of sp³-hybridized carbons (Fsp3) is 0.227. The monoisotopic (exact) mass is 349 g/mol. The average Bonchev–Trinajstić information content (AvgIpc) is 2.66. The first-order valence-electron chi connectivity index (χ1n) is 8.74. The normalized spacial score (nSPS) is 12.0. The van der Waals surface area contributed by atoms with Crippen molar-refractivity contribution in [3.63, 3.8) is 0 Å². The van der Waals surface area contributed by atoms with Crippen LogP contribution in [0.1, 0.15) is 42.1 Å². The van der Waals surface area contributed by atoms with Gasteiger partial charge in [-0.2, -0.15) is 0 Å². The molecule has 0 saturated heterocycles. The first kappa shape index (κ1) is 17.8. The maximum atomic E-state index is 12.8. The summed E-state index contributed by atoms with van der Waals surface area (Å²) in [5, 5.41) is 14.9. The lowest BCUT2D eigenvalue weighted by Gasteiger charge is -2.15. The molecule has 0 aliphatic heterocycles. The number of hydrogen-bond donors (Lipinski definition) is 2. The first-order valence-corrected chi connectivity index (χ1v) is 8.74. The van der Waals surface area contributed by atoms with Crippen LogP contribution in [0.15, 0.2) is 54.6 Å². The zero-order valence-corrected chi connectivity index (χ0v) is 15.2. The summed E-state index contributed by atoms with van der Waals surface area (Å²) in [7, 11) is 1.57. The van der Waals surface area contributed by atoms with Crippen LogP contribution in [0, 0.1) is 0 Å². The summed E-state index contributed by atoms with van der Waals surface area (Å²) in [6, 6.07) is 16.7. The van der Waals surface area contributed by atoms with Gasteiger partial charge in [0.25, 0.3) is 5.91 Å². The van der Waals surface area contributed by atoms with Gasteiger partial charge in [-0.25, -0.2) is 0 Å². The molecule has 0 aromatic heterocycles. The molecular weight excluding hydrogens is 326 g/mol. The highest BCUT2D eigenvalue weighted by atomic mass is 16.5. The van der Waals surface area contributed by atoms with Gasteiger partial charge in [0, 0.05) is 0 Å². The van der Waals surface area contributed by atoms with E-state index in [-0.39, 0.29) is 17.2 Å². The van der Waals surface area contributed by atoms with Crippen molar-refractivity contribution in [2.24, 2.45) is 0 Å². The van der Waals surface area contributed by atoms with Crippen LogP contribution in [0.2, 0.25) is 0 Å². The second-order valence-corrected chi connectivity index (χ2v) is 6.44. The van der Waals surface area contributed by atoms with Gasteiger partial charge in [0.05, 0.1) is 18.4 Å². The van der Waals surface area contributed by atoms with Crippen molar-refractivity contribution < 1.29 is 14.6 Å². The minimum atomic E-state index is -0.368. The van der Waals surface area contributed by atoms with Gasteiger partial charge in [-0.15, -0.1) is 0 Å². The summed E-state index contributed by atoms with van der Waals surface area (Å²) >= 11 is 0. The third-order valence-electron chi connectivity index (χ3n) is 4.76. The van der Waals surface area contributed by atoms with Crippen molar-refractivity contribution >= 4 is 22.4 Å². The number of ether oxygens (including phenoxy) is 1. The molecule has 1 unspecified atom stereocenters. The number of methoxy groups -OCH3 is 1. The third-order valence-corrected chi connectivity index (χ3v) is 4.76. The van der Waals surface area contributed by atoms with Gasteiger partial charge < -0.3 is 15.2 Å². The number of fused-ring (bicyclic) bond motifs is 1. The average molecular weight is 349 g/mol. The lowest BCUT2D eigenvalue weighted by Crippen LogP contribution is -2.13. The second kappa shape index (κ2) is 7.48. The van der Waals surface area contributed by atoms with Gasteiger partial charge in [0.15, 0.2) is 0 Å². The number of carbonyl (C=O) groups excluding carboxylic acids is 1. The van der Waals surface area contributed by atoms with Crippen molar-refractivity contribution in [3.8, 4) is 11.5 Å². The Kier molecular flexibility index (Phi) is 5.12. The molecule has 4 heteroatoms. The second-order valence-electron chi connectivity index (χ2n) is 6.44. The van der Waals surface area contributed by atoms with Crippen molar-refractivity contribution in [2.75, 3.05) is 12.4 Å². The van der Waals surface area contributed by atoms with Crippen LogP contribution in [0.25, 0.3) is 10.8 Å². The van der Waals surface area contributed by atoms with E-state index in [1.54, 1.807) is 19.2 Å². The van der Waals surface area contributed by atoms with Crippen molar-refractivity contribution in [1.29, 1.82) is 0 Å². The van der Waals surface area contributed by atoms with E-state index in [1.807, 2.05) is 42.5 Å². The predicted octanol–water partition coefficient (Wildman–Crippen LogP) is 5.32. The number of phenols is 1. The molecule has 0 saturated carbocycles. The minimum absolute atomic E-state index is 0.0433. The van der Waals surface area contributed by atoms with Crippen LogP contribution in [0.4, 0.5) is 5.69 Å². The van der Waals surface area contributed by atoms with E-state index >= 15 is 0 Å². The number of rotatable bonds is 5. The topological polar surface area (TPSA) is 58.6 Å². The smallest absolute Gasteiger partial charge is 0.259 e. The van der Waals surface area contributed by atoms with Crippen LogP contribution in [-0.2, 0) is 0 Å². The highest BCUT2D eigenvalue weighted by molar-refractivity contribution is 6.09. The lowest BCUT2D eigenvalue weighted by molar-refractivity contribution is 0.102. The van der Waals surface area contributed by atoms with Crippen LogP contribution in [-0.4, -0.2) is 18.1 Å². The van der Waals surface area contributed by atoms with Crippen LogP contribution < -0.4 is 10.1 Å². The summed E-state index contributed by atoms with van der Waals surface area (Å²) in [5.41, 5.74) is 1.97. The molecule has 134 valence electrons. The number of amides is 1. The molecule has 2 N–H and O–H groups in total. The molecule has 26 heavy (non-hydrogen) atoms. The molecule has 3 aromatic carbocycles. The van der Waals surface area contributed by atoms with Gasteiger partial charge in [-0.1, -0.05) is 44.2 Å². The highest BCUT2D eigenvalue weighted by Crippen LogP contribution is 2.31. The molecule has 0 aliphatic carbocycles. The standard InChI is InChI=1S/C22H23NO3/c1-4-14(2)15-9-10-21(26-3)19(12-15)23-22(25)18-11-16-7-5-6-8-17(16)13-20(18)24/h5-14,24H,4H2,1-3H3,(H,23,25). The molecule has 0 heterocycles. The number of phenolic OH excluding ortho intramolecular Hbond substituents is 1. The number of aromatic hydroxyl groups is 1.